The zero-order chi connectivity index (χ0) is 11.3. The highest BCUT2D eigenvalue weighted by atomic mass is 32.3. The van der Waals surface area contributed by atoms with Gasteiger partial charge in [0.2, 0.25) is 0 Å². The predicted molar refractivity (Wildman–Crippen MR) is 62.2 cm³/mol. The second-order valence-electron chi connectivity index (χ2n) is 2.89. The lowest BCUT2D eigenvalue weighted by atomic mass is 10.2. The number of benzene rings is 1. The lowest BCUT2D eigenvalue weighted by Crippen LogP contribution is -1.94. The van der Waals surface area contributed by atoms with Gasteiger partial charge in [0.15, 0.2) is 0 Å². The Morgan fingerprint density at radius 2 is 2.00 bits per heavy atom. The summed E-state index contributed by atoms with van der Waals surface area (Å²) in [6, 6.07) is 5.95. The number of halogens is 1. The van der Waals surface area contributed by atoms with E-state index in [9.17, 15) is 12.3 Å². The fourth-order valence-electron chi connectivity index (χ4n) is 1.13. The molecular formula is C10H11FO2S2. The molecule has 5 heteroatoms. The van der Waals surface area contributed by atoms with Crippen molar-refractivity contribution in [2.24, 2.45) is 0 Å². The molecule has 1 aromatic rings. The molecule has 0 aromatic heterocycles. The van der Waals surface area contributed by atoms with Crippen molar-refractivity contribution in [3.63, 3.8) is 0 Å². The second-order valence-corrected chi connectivity index (χ2v) is 4.65. The third-order valence-electron chi connectivity index (χ3n) is 1.77. The van der Waals surface area contributed by atoms with E-state index in [4.69, 9.17) is 0 Å². The predicted octanol–water partition coefficient (Wildman–Crippen LogP) is 2.68. The van der Waals surface area contributed by atoms with Gasteiger partial charge in [0.05, 0.1) is 0 Å². The minimum atomic E-state index is -4.64. The van der Waals surface area contributed by atoms with Crippen LogP contribution in [0.5, 0.6) is 0 Å². The SMILES string of the molecule is O=S(=O)(F)c1ccccc1C=CCCS. The van der Waals surface area contributed by atoms with Crippen molar-refractivity contribution in [2.75, 3.05) is 5.75 Å². The van der Waals surface area contributed by atoms with Crippen LogP contribution in [-0.2, 0) is 10.2 Å². The van der Waals surface area contributed by atoms with Gasteiger partial charge < -0.3 is 0 Å². The topological polar surface area (TPSA) is 34.1 Å². The van der Waals surface area contributed by atoms with Gasteiger partial charge in [0, 0.05) is 0 Å². The molecule has 0 atom stereocenters. The molecule has 2 nitrogen and oxygen atoms in total. The molecule has 1 aromatic carbocycles. The number of rotatable bonds is 4. The Morgan fingerprint density at radius 1 is 1.33 bits per heavy atom. The van der Waals surface area contributed by atoms with Gasteiger partial charge in [-0.05, 0) is 23.8 Å². The minimum Gasteiger partial charge on any atom is -0.189 e. The zero-order valence-electron chi connectivity index (χ0n) is 7.93. The first-order valence-electron chi connectivity index (χ1n) is 4.37. The van der Waals surface area contributed by atoms with Gasteiger partial charge in [-0.25, -0.2) is 0 Å². The molecule has 0 aliphatic heterocycles. The van der Waals surface area contributed by atoms with E-state index in [0.29, 0.717) is 17.7 Å². The minimum absolute atomic E-state index is 0.291. The molecule has 0 radical (unpaired) electrons. The van der Waals surface area contributed by atoms with Crippen LogP contribution >= 0.6 is 12.6 Å². The van der Waals surface area contributed by atoms with Crippen LogP contribution in [0.2, 0.25) is 0 Å². The smallest absolute Gasteiger partial charge is 0.189 e. The fraction of sp³-hybridized carbons (Fsp3) is 0.200. The van der Waals surface area contributed by atoms with Gasteiger partial charge in [-0.1, -0.05) is 30.4 Å². The van der Waals surface area contributed by atoms with Gasteiger partial charge in [-0.2, -0.15) is 21.0 Å². The van der Waals surface area contributed by atoms with Gasteiger partial charge in [-0.15, -0.1) is 3.89 Å². The molecule has 82 valence electrons. The third kappa shape index (κ3) is 3.68. The summed E-state index contributed by atoms with van der Waals surface area (Å²) in [5.74, 6) is 0.668. The maximum atomic E-state index is 12.8. The summed E-state index contributed by atoms with van der Waals surface area (Å²) >= 11 is 4.01. The Bertz CT molecular complexity index is 452. The molecule has 0 aliphatic rings. The average Bonchev–Trinajstić information content (AvgIpc) is 2.17. The van der Waals surface area contributed by atoms with E-state index in [1.54, 1.807) is 24.3 Å². The molecule has 15 heavy (non-hydrogen) atoms. The van der Waals surface area contributed by atoms with E-state index in [1.807, 2.05) is 0 Å². The highest BCUT2D eigenvalue weighted by molar-refractivity contribution is 7.86. The summed E-state index contributed by atoms with van der Waals surface area (Å²) in [4.78, 5) is -0.291. The summed E-state index contributed by atoms with van der Waals surface area (Å²) < 4.78 is 34.4. The van der Waals surface area contributed by atoms with Gasteiger partial charge in [-0.3, -0.25) is 0 Å². The fourth-order valence-corrected chi connectivity index (χ4v) is 1.93. The van der Waals surface area contributed by atoms with Crippen molar-refractivity contribution in [2.45, 2.75) is 11.3 Å². The number of hydrogen-bond acceptors (Lipinski definition) is 3. The Hall–Kier alpha value is -0.810. The third-order valence-corrected chi connectivity index (χ3v) is 2.93. The summed E-state index contributed by atoms with van der Waals surface area (Å²) in [7, 11) is -4.64. The molecule has 0 fully saturated rings. The summed E-state index contributed by atoms with van der Waals surface area (Å²) in [5.41, 5.74) is 0.363. The van der Waals surface area contributed by atoms with Gasteiger partial charge in [0.1, 0.15) is 4.90 Å². The van der Waals surface area contributed by atoms with Crippen molar-refractivity contribution in [1.29, 1.82) is 0 Å². The highest BCUT2D eigenvalue weighted by Gasteiger charge is 2.14. The van der Waals surface area contributed by atoms with Crippen LogP contribution < -0.4 is 0 Å². The zero-order valence-corrected chi connectivity index (χ0v) is 9.64. The molecule has 0 aliphatic carbocycles. The molecule has 0 amide bonds. The largest absolute Gasteiger partial charge is 0.332 e. The van der Waals surface area contributed by atoms with E-state index < -0.39 is 10.2 Å². The van der Waals surface area contributed by atoms with Gasteiger partial charge >= 0.3 is 10.2 Å². The van der Waals surface area contributed by atoms with Gasteiger partial charge in [0.25, 0.3) is 0 Å². The lowest BCUT2D eigenvalue weighted by Gasteiger charge is -1.99. The van der Waals surface area contributed by atoms with Crippen LogP contribution in [0, 0.1) is 0 Å². The molecule has 0 N–H and O–H groups in total. The highest BCUT2D eigenvalue weighted by Crippen LogP contribution is 2.19. The van der Waals surface area contributed by atoms with Crippen molar-refractivity contribution in [3.8, 4) is 0 Å². The van der Waals surface area contributed by atoms with Crippen molar-refractivity contribution in [3.05, 3.63) is 35.9 Å². The summed E-state index contributed by atoms with van der Waals surface area (Å²) in [5, 5.41) is 0. The van der Waals surface area contributed by atoms with Crippen LogP contribution in [0.4, 0.5) is 3.89 Å². The summed E-state index contributed by atoms with van der Waals surface area (Å²) in [6.07, 6.45) is 4.06. The number of allylic oxidation sites excluding steroid dienone is 1. The molecule has 0 bridgehead atoms. The number of thiol groups is 1. The Morgan fingerprint density at radius 3 is 2.60 bits per heavy atom. The maximum absolute atomic E-state index is 12.8. The maximum Gasteiger partial charge on any atom is 0.332 e. The average molecular weight is 246 g/mol. The number of hydrogen-bond donors (Lipinski definition) is 1. The first kappa shape index (κ1) is 12.3. The molecular weight excluding hydrogens is 235 g/mol. The molecule has 0 unspecified atom stereocenters. The van der Waals surface area contributed by atoms with E-state index in [0.717, 1.165) is 0 Å². The van der Waals surface area contributed by atoms with Crippen molar-refractivity contribution < 1.29 is 12.3 Å². The van der Waals surface area contributed by atoms with Crippen molar-refractivity contribution in [1.82, 2.24) is 0 Å². The molecule has 0 heterocycles. The Labute approximate surface area is 94.4 Å². The van der Waals surface area contributed by atoms with Crippen LogP contribution in [0.25, 0.3) is 6.08 Å². The van der Waals surface area contributed by atoms with Crippen LogP contribution in [-0.4, -0.2) is 14.2 Å². The van der Waals surface area contributed by atoms with Crippen LogP contribution in [0.1, 0.15) is 12.0 Å². The lowest BCUT2D eigenvalue weighted by molar-refractivity contribution is 0.552. The van der Waals surface area contributed by atoms with Crippen LogP contribution in [0.15, 0.2) is 35.2 Å². The molecule has 1 rings (SSSR count). The van der Waals surface area contributed by atoms with Crippen LogP contribution in [0.3, 0.4) is 0 Å². The standard InChI is InChI=1S/C10H11FO2S2/c11-15(12,13)10-7-2-1-5-9(10)6-3-4-8-14/h1-3,5-7,14H,4,8H2. The van der Waals surface area contributed by atoms with E-state index in [2.05, 4.69) is 12.6 Å². The monoisotopic (exact) mass is 246 g/mol. The molecule has 0 saturated heterocycles. The Kier molecular flexibility index (Phi) is 4.35. The summed E-state index contributed by atoms with van der Waals surface area (Å²) in [6.45, 7) is 0. The quantitative estimate of drug-likeness (QED) is 0.654. The Balaban J connectivity index is 3.08. The van der Waals surface area contributed by atoms with E-state index in [-0.39, 0.29) is 4.90 Å². The first-order valence-corrected chi connectivity index (χ1v) is 6.38. The second kappa shape index (κ2) is 5.32. The molecule has 0 spiro atoms. The van der Waals surface area contributed by atoms with E-state index in [1.165, 1.54) is 12.1 Å². The first-order chi connectivity index (χ1) is 7.05. The van der Waals surface area contributed by atoms with Crippen molar-refractivity contribution >= 4 is 28.9 Å². The van der Waals surface area contributed by atoms with E-state index >= 15 is 0 Å². The normalized spacial score (nSPS) is 12.1. The molecule has 0 saturated carbocycles.